The Bertz CT molecular complexity index is 276. The zero-order valence-corrected chi connectivity index (χ0v) is 8.53. The van der Waals surface area contributed by atoms with E-state index in [2.05, 4.69) is 19.1 Å². The van der Waals surface area contributed by atoms with Crippen LogP contribution in [0.4, 0.5) is 0 Å². The quantitative estimate of drug-likeness (QED) is 0.717. The maximum atomic E-state index is 5.78. The molecule has 0 aliphatic carbocycles. The summed E-state index contributed by atoms with van der Waals surface area (Å²) in [6, 6.07) is 10.2. The van der Waals surface area contributed by atoms with Crippen molar-refractivity contribution in [3.8, 4) is 0 Å². The lowest BCUT2D eigenvalue weighted by Crippen LogP contribution is -2.37. The molecule has 0 aromatic heterocycles. The summed E-state index contributed by atoms with van der Waals surface area (Å²) in [4.78, 5) is 0. The van der Waals surface area contributed by atoms with E-state index in [1.54, 1.807) is 0 Å². The molecule has 14 heavy (non-hydrogen) atoms. The van der Waals surface area contributed by atoms with E-state index in [1.165, 1.54) is 0 Å². The van der Waals surface area contributed by atoms with Crippen molar-refractivity contribution in [3.05, 3.63) is 35.9 Å². The molecular formula is C12H16O2. The van der Waals surface area contributed by atoms with Crippen molar-refractivity contribution in [1.29, 1.82) is 0 Å². The smallest absolute Gasteiger partial charge is 0.194 e. The first-order chi connectivity index (χ1) is 6.87. The van der Waals surface area contributed by atoms with E-state index >= 15 is 0 Å². The second-order valence-corrected chi connectivity index (χ2v) is 3.52. The van der Waals surface area contributed by atoms with Crippen molar-refractivity contribution in [2.75, 3.05) is 13.2 Å². The average molecular weight is 192 g/mol. The Morgan fingerprint density at radius 3 is 2.36 bits per heavy atom. The summed E-state index contributed by atoms with van der Waals surface area (Å²) >= 11 is 0. The second kappa shape index (κ2) is 4.11. The minimum atomic E-state index is -0.487. The summed E-state index contributed by atoms with van der Waals surface area (Å²) in [5.41, 5.74) is 1.13. The molecule has 0 radical (unpaired) electrons. The van der Waals surface area contributed by atoms with Crippen molar-refractivity contribution >= 4 is 0 Å². The molecule has 1 aromatic rings. The van der Waals surface area contributed by atoms with Gasteiger partial charge < -0.3 is 9.47 Å². The van der Waals surface area contributed by atoms with E-state index in [4.69, 9.17) is 9.47 Å². The van der Waals surface area contributed by atoms with Crippen molar-refractivity contribution in [2.45, 2.75) is 25.6 Å². The highest BCUT2D eigenvalue weighted by atomic mass is 16.7. The molecule has 0 saturated carbocycles. The van der Waals surface area contributed by atoms with E-state index in [9.17, 15) is 0 Å². The van der Waals surface area contributed by atoms with Crippen LogP contribution in [0.15, 0.2) is 30.3 Å². The minimum absolute atomic E-state index is 0.487. The Hall–Kier alpha value is -0.860. The summed E-state index contributed by atoms with van der Waals surface area (Å²) in [5, 5.41) is 0. The van der Waals surface area contributed by atoms with Gasteiger partial charge in [-0.2, -0.15) is 0 Å². The molecule has 1 aromatic carbocycles. The van der Waals surface area contributed by atoms with Crippen molar-refractivity contribution in [2.24, 2.45) is 0 Å². The summed E-state index contributed by atoms with van der Waals surface area (Å²) < 4.78 is 11.6. The maximum absolute atomic E-state index is 5.78. The number of rotatable bonds is 2. The van der Waals surface area contributed by atoms with Crippen LogP contribution in [0.2, 0.25) is 0 Å². The van der Waals surface area contributed by atoms with Crippen LogP contribution in [0, 0.1) is 0 Å². The Balaban J connectivity index is 2.27. The van der Waals surface area contributed by atoms with Gasteiger partial charge in [-0.15, -0.1) is 0 Å². The fourth-order valence-electron chi connectivity index (χ4n) is 1.84. The summed E-state index contributed by atoms with van der Waals surface area (Å²) in [6.07, 6.45) is 1.85. The van der Waals surface area contributed by atoms with Gasteiger partial charge in [0.1, 0.15) is 0 Å². The highest BCUT2D eigenvalue weighted by Crippen LogP contribution is 2.33. The third kappa shape index (κ3) is 1.68. The molecule has 0 atom stereocenters. The summed E-state index contributed by atoms with van der Waals surface area (Å²) in [5.74, 6) is -0.487. The fourth-order valence-corrected chi connectivity index (χ4v) is 1.84. The first-order valence-corrected chi connectivity index (χ1v) is 5.21. The third-order valence-electron chi connectivity index (χ3n) is 2.64. The van der Waals surface area contributed by atoms with Crippen LogP contribution in [0.5, 0.6) is 0 Å². The predicted molar refractivity (Wildman–Crippen MR) is 54.9 cm³/mol. The lowest BCUT2D eigenvalue weighted by Gasteiger charge is -2.36. The molecule has 2 heteroatoms. The highest BCUT2D eigenvalue weighted by molar-refractivity contribution is 5.20. The van der Waals surface area contributed by atoms with Crippen LogP contribution in [0.3, 0.4) is 0 Å². The molecule has 1 fully saturated rings. The van der Waals surface area contributed by atoms with Crippen LogP contribution < -0.4 is 0 Å². The zero-order chi connectivity index (χ0) is 9.86. The van der Waals surface area contributed by atoms with Crippen molar-refractivity contribution in [3.63, 3.8) is 0 Å². The van der Waals surface area contributed by atoms with Crippen molar-refractivity contribution in [1.82, 2.24) is 0 Å². The predicted octanol–water partition coefficient (Wildman–Crippen LogP) is 2.69. The van der Waals surface area contributed by atoms with E-state index in [0.29, 0.717) is 0 Å². The monoisotopic (exact) mass is 192 g/mol. The van der Waals surface area contributed by atoms with Gasteiger partial charge >= 0.3 is 0 Å². The molecule has 0 N–H and O–H groups in total. The van der Waals surface area contributed by atoms with Gasteiger partial charge in [0.2, 0.25) is 0 Å². The van der Waals surface area contributed by atoms with Crippen LogP contribution >= 0.6 is 0 Å². The van der Waals surface area contributed by atoms with Crippen molar-refractivity contribution < 1.29 is 9.47 Å². The Kier molecular flexibility index (Phi) is 2.85. The highest BCUT2D eigenvalue weighted by Gasteiger charge is 2.34. The van der Waals surface area contributed by atoms with Gasteiger partial charge in [0.15, 0.2) is 5.79 Å². The topological polar surface area (TPSA) is 18.5 Å². The Labute approximate surface area is 84.8 Å². The van der Waals surface area contributed by atoms with Gasteiger partial charge in [-0.3, -0.25) is 0 Å². The molecule has 2 rings (SSSR count). The van der Waals surface area contributed by atoms with Gasteiger partial charge in [-0.25, -0.2) is 0 Å². The van der Waals surface area contributed by atoms with E-state index in [0.717, 1.165) is 31.6 Å². The normalized spacial score (nSPS) is 20.6. The van der Waals surface area contributed by atoms with Crippen LogP contribution in [0.25, 0.3) is 0 Å². The average Bonchev–Trinajstić information content (AvgIpc) is 2.31. The van der Waals surface area contributed by atoms with Gasteiger partial charge in [0.05, 0.1) is 13.2 Å². The number of benzene rings is 1. The standard InChI is InChI=1S/C12H16O2/c1-2-12(13-9-6-10-14-12)11-7-4-3-5-8-11/h3-5,7-8H,2,6,9-10H2,1H3. The van der Waals surface area contributed by atoms with Crippen LogP contribution in [-0.4, -0.2) is 13.2 Å². The molecule has 76 valence electrons. The molecule has 1 aliphatic heterocycles. The third-order valence-corrected chi connectivity index (χ3v) is 2.64. The van der Waals surface area contributed by atoms with Gasteiger partial charge in [-0.05, 0) is 6.42 Å². The summed E-state index contributed by atoms with van der Waals surface area (Å²) in [7, 11) is 0. The molecule has 0 spiro atoms. The molecule has 1 heterocycles. The molecule has 1 saturated heterocycles. The van der Waals surface area contributed by atoms with Gasteiger partial charge in [0.25, 0.3) is 0 Å². The molecule has 0 amide bonds. The molecule has 0 unspecified atom stereocenters. The molecule has 1 aliphatic rings. The first-order valence-electron chi connectivity index (χ1n) is 5.21. The lowest BCUT2D eigenvalue weighted by atomic mass is 10.0. The largest absolute Gasteiger partial charge is 0.346 e. The number of ether oxygens (including phenoxy) is 2. The SMILES string of the molecule is CCC1(c2ccccc2)OCCCO1. The molecular weight excluding hydrogens is 176 g/mol. The Morgan fingerprint density at radius 1 is 1.14 bits per heavy atom. The van der Waals surface area contributed by atoms with E-state index < -0.39 is 5.79 Å². The fraction of sp³-hybridized carbons (Fsp3) is 0.500. The summed E-state index contributed by atoms with van der Waals surface area (Å²) in [6.45, 7) is 3.68. The van der Waals surface area contributed by atoms with Gasteiger partial charge in [-0.1, -0.05) is 37.3 Å². The number of hydrogen-bond acceptors (Lipinski definition) is 2. The van der Waals surface area contributed by atoms with Crippen LogP contribution in [-0.2, 0) is 15.3 Å². The zero-order valence-electron chi connectivity index (χ0n) is 8.53. The van der Waals surface area contributed by atoms with E-state index in [1.807, 2.05) is 18.2 Å². The first kappa shape index (κ1) is 9.69. The molecule has 2 nitrogen and oxygen atoms in total. The second-order valence-electron chi connectivity index (χ2n) is 3.52. The van der Waals surface area contributed by atoms with E-state index in [-0.39, 0.29) is 0 Å². The maximum Gasteiger partial charge on any atom is 0.194 e. The number of hydrogen-bond donors (Lipinski definition) is 0. The van der Waals surface area contributed by atoms with Gasteiger partial charge in [0, 0.05) is 12.0 Å². The molecule has 0 bridgehead atoms. The van der Waals surface area contributed by atoms with Crippen LogP contribution in [0.1, 0.15) is 25.3 Å². The Morgan fingerprint density at radius 2 is 1.79 bits per heavy atom. The minimum Gasteiger partial charge on any atom is -0.346 e. The lowest BCUT2D eigenvalue weighted by molar-refractivity contribution is -0.277.